The number of benzene rings is 1. The number of unbranched alkanes of at least 4 members (excludes halogenated alkanes) is 2. The first-order chi connectivity index (χ1) is 22.5. The van der Waals surface area contributed by atoms with Gasteiger partial charge in [0.25, 0.3) is 0 Å². The number of rotatable bonds is 18. The molecular formula is C34H52N6O8. The first kappa shape index (κ1) is 39.7. The van der Waals surface area contributed by atoms with Crippen molar-refractivity contribution in [3.63, 3.8) is 0 Å². The van der Waals surface area contributed by atoms with Crippen molar-refractivity contribution in [2.45, 2.75) is 105 Å². The highest BCUT2D eigenvalue weighted by Crippen LogP contribution is 2.20. The summed E-state index contributed by atoms with van der Waals surface area (Å²) in [5.74, 6) is -2.59. The van der Waals surface area contributed by atoms with E-state index in [-0.39, 0.29) is 67.9 Å². The molecule has 266 valence electrons. The number of urea groups is 1. The van der Waals surface area contributed by atoms with E-state index >= 15 is 0 Å². The number of primary amides is 1. The summed E-state index contributed by atoms with van der Waals surface area (Å²) < 4.78 is 5.33. The normalized spacial score (nSPS) is 15.9. The molecule has 2 rings (SSSR count). The van der Waals surface area contributed by atoms with Crippen molar-refractivity contribution in [1.82, 2.24) is 20.9 Å². The van der Waals surface area contributed by atoms with Crippen LogP contribution in [0.5, 0.6) is 0 Å². The fourth-order valence-corrected chi connectivity index (χ4v) is 4.92. The molecule has 1 aromatic carbocycles. The summed E-state index contributed by atoms with van der Waals surface area (Å²) in [4.78, 5) is 87.9. The van der Waals surface area contributed by atoms with Crippen molar-refractivity contribution >= 4 is 47.2 Å². The lowest BCUT2D eigenvalue weighted by molar-refractivity contribution is -0.154. The Bertz CT molecular complexity index is 1310. The second kappa shape index (κ2) is 18.7. The number of nitrogens with one attached hydrogen (secondary N) is 4. The predicted octanol–water partition coefficient (Wildman–Crippen LogP) is 2.74. The second-order valence-corrected chi connectivity index (χ2v) is 13.6. The molecule has 0 spiro atoms. The van der Waals surface area contributed by atoms with Crippen molar-refractivity contribution in [1.29, 1.82) is 0 Å². The smallest absolute Gasteiger partial charge is 0.312 e. The van der Waals surface area contributed by atoms with Gasteiger partial charge in [-0.15, -0.1) is 0 Å². The topological polar surface area (TPSA) is 206 Å². The van der Waals surface area contributed by atoms with E-state index in [0.717, 1.165) is 5.56 Å². The maximum atomic E-state index is 13.4. The maximum absolute atomic E-state index is 13.4. The highest BCUT2D eigenvalue weighted by atomic mass is 16.5. The number of likely N-dealkylation sites (tertiary alicyclic amines) is 1. The van der Waals surface area contributed by atoms with E-state index < -0.39 is 35.3 Å². The number of amides is 7. The quantitative estimate of drug-likeness (QED) is 0.0888. The number of esters is 1. The number of anilines is 1. The average molecular weight is 673 g/mol. The Morgan fingerprint density at radius 1 is 0.958 bits per heavy atom. The Labute approximate surface area is 282 Å². The van der Waals surface area contributed by atoms with Crippen LogP contribution in [0.4, 0.5) is 10.5 Å². The van der Waals surface area contributed by atoms with Crippen LogP contribution in [0.2, 0.25) is 0 Å². The van der Waals surface area contributed by atoms with Gasteiger partial charge in [0.1, 0.15) is 18.7 Å². The van der Waals surface area contributed by atoms with Crippen LogP contribution in [-0.4, -0.2) is 71.6 Å². The number of hydrogen-bond donors (Lipinski definition) is 5. The summed E-state index contributed by atoms with van der Waals surface area (Å²) in [7, 11) is 0. The number of hydrogen-bond acceptors (Lipinski definition) is 8. The number of imide groups is 1. The van der Waals surface area contributed by atoms with Gasteiger partial charge >= 0.3 is 12.0 Å². The zero-order valence-corrected chi connectivity index (χ0v) is 29.0. The van der Waals surface area contributed by atoms with E-state index in [4.69, 9.17) is 10.5 Å². The Balaban J connectivity index is 1.95. The molecule has 1 unspecified atom stereocenters. The van der Waals surface area contributed by atoms with Crippen LogP contribution in [0.3, 0.4) is 0 Å². The standard InChI is InChI=1S/C34H52N6O8/c1-21(2)28(39-26(41)12-8-7-9-18-40-27(42)19-22(3)31(40)45)30(44)38-25(11-10-17-36-33(35)47)29(43)37-24-15-13-23(14-16-24)20-48-32(46)34(4,5)6/h13-16,21-22,25,28H,7-12,17-20H2,1-6H3,(H,37,43)(H,38,44)(H,39,41)(H3,35,36,47)/t22?,25-,28-/m0/s1. The van der Waals surface area contributed by atoms with Gasteiger partial charge in [-0.2, -0.15) is 0 Å². The van der Waals surface area contributed by atoms with Gasteiger partial charge in [0.05, 0.1) is 5.41 Å². The van der Waals surface area contributed by atoms with Gasteiger partial charge in [-0.25, -0.2) is 4.79 Å². The number of nitrogens with two attached hydrogens (primary N) is 1. The minimum atomic E-state index is -0.989. The molecule has 14 nitrogen and oxygen atoms in total. The largest absolute Gasteiger partial charge is 0.460 e. The molecule has 1 aliphatic heterocycles. The summed E-state index contributed by atoms with van der Waals surface area (Å²) in [6.07, 6.45) is 2.63. The van der Waals surface area contributed by atoms with Crippen LogP contribution in [0.15, 0.2) is 24.3 Å². The third-order valence-corrected chi connectivity index (χ3v) is 7.83. The van der Waals surface area contributed by atoms with Crippen LogP contribution in [0, 0.1) is 17.3 Å². The molecule has 0 aromatic heterocycles. The molecule has 1 saturated heterocycles. The predicted molar refractivity (Wildman–Crippen MR) is 179 cm³/mol. The molecule has 7 amide bonds. The number of carbonyl (C=O) groups excluding carboxylic acids is 7. The van der Waals surface area contributed by atoms with E-state index in [1.54, 1.807) is 65.8 Å². The van der Waals surface area contributed by atoms with Gasteiger partial charge in [0.2, 0.25) is 29.5 Å². The Morgan fingerprint density at radius 3 is 2.19 bits per heavy atom. The van der Waals surface area contributed by atoms with Crippen molar-refractivity contribution < 1.29 is 38.3 Å². The van der Waals surface area contributed by atoms with Gasteiger partial charge in [-0.05, 0) is 70.1 Å². The van der Waals surface area contributed by atoms with Crippen LogP contribution < -0.4 is 27.0 Å². The molecule has 48 heavy (non-hydrogen) atoms. The molecule has 6 N–H and O–H groups in total. The summed E-state index contributed by atoms with van der Waals surface area (Å²) >= 11 is 0. The molecule has 0 saturated carbocycles. The molecule has 14 heteroatoms. The highest BCUT2D eigenvalue weighted by molar-refractivity contribution is 6.03. The van der Waals surface area contributed by atoms with E-state index in [0.29, 0.717) is 37.9 Å². The minimum absolute atomic E-state index is 0.0815. The van der Waals surface area contributed by atoms with E-state index in [1.165, 1.54) is 4.90 Å². The van der Waals surface area contributed by atoms with Crippen LogP contribution in [-0.2, 0) is 40.1 Å². The first-order valence-corrected chi connectivity index (χ1v) is 16.5. The Kier molecular flexibility index (Phi) is 15.5. The monoisotopic (exact) mass is 672 g/mol. The minimum Gasteiger partial charge on any atom is -0.460 e. The van der Waals surface area contributed by atoms with Crippen LogP contribution in [0.1, 0.15) is 92.1 Å². The fourth-order valence-electron chi connectivity index (χ4n) is 4.92. The SMILES string of the molecule is CC1CC(=O)N(CCCCCC(=O)N[C@H](C(=O)N[C@@H](CCCNC(N)=O)C(=O)Nc2ccc(COC(=O)C(C)(C)C)cc2)C(C)C)C1=O. The number of nitrogens with zero attached hydrogens (tertiary/aromatic N) is 1. The molecule has 3 atom stereocenters. The zero-order chi connectivity index (χ0) is 36.0. The molecule has 1 heterocycles. The fraction of sp³-hybridized carbons (Fsp3) is 0.618. The lowest BCUT2D eigenvalue weighted by Gasteiger charge is -2.25. The highest BCUT2D eigenvalue weighted by Gasteiger charge is 2.35. The third-order valence-electron chi connectivity index (χ3n) is 7.83. The van der Waals surface area contributed by atoms with Crippen LogP contribution in [0.25, 0.3) is 0 Å². The van der Waals surface area contributed by atoms with Crippen molar-refractivity contribution in [3.8, 4) is 0 Å². The van der Waals surface area contributed by atoms with Crippen molar-refractivity contribution in [2.75, 3.05) is 18.4 Å². The van der Waals surface area contributed by atoms with Gasteiger partial charge < -0.3 is 31.7 Å². The summed E-state index contributed by atoms with van der Waals surface area (Å²) in [6, 6.07) is 4.14. The molecule has 1 aliphatic rings. The van der Waals surface area contributed by atoms with E-state index in [1.807, 2.05) is 0 Å². The molecule has 0 bridgehead atoms. The lowest BCUT2D eigenvalue weighted by Crippen LogP contribution is -2.54. The van der Waals surface area contributed by atoms with Gasteiger partial charge in [0, 0.05) is 37.5 Å². The zero-order valence-electron chi connectivity index (χ0n) is 29.0. The van der Waals surface area contributed by atoms with E-state index in [2.05, 4.69) is 21.3 Å². The first-order valence-electron chi connectivity index (χ1n) is 16.5. The Morgan fingerprint density at radius 2 is 1.62 bits per heavy atom. The van der Waals surface area contributed by atoms with Crippen molar-refractivity contribution in [3.05, 3.63) is 29.8 Å². The maximum Gasteiger partial charge on any atom is 0.312 e. The van der Waals surface area contributed by atoms with Gasteiger partial charge in [-0.1, -0.05) is 39.3 Å². The number of carbonyl (C=O) groups is 7. The molecule has 1 aromatic rings. The van der Waals surface area contributed by atoms with Crippen LogP contribution >= 0.6 is 0 Å². The third kappa shape index (κ3) is 13.3. The summed E-state index contributed by atoms with van der Waals surface area (Å²) in [5, 5.41) is 10.8. The summed E-state index contributed by atoms with van der Waals surface area (Å²) in [6.45, 7) is 11.2. The molecular weight excluding hydrogens is 620 g/mol. The van der Waals surface area contributed by atoms with E-state index in [9.17, 15) is 33.6 Å². The molecule has 1 fully saturated rings. The molecule has 0 aliphatic carbocycles. The average Bonchev–Trinajstić information content (AvgIpc) is 3.25. The van der Waals surface area contributed by atoms with Gasteiger partial charge in [-0.3, -0.25) is 33.7 Å². The second-order valence-electron chi connectivity index (χ2n) is 13.6. The Hall–Kier alpha value is -4.49. The van der Waals surface area contributed by atoms with Crippen molar-refractivity contribution in [2.24, 2.45) is 23.0 Å². The summed E-state index contributed by atoms with van der Waals surface area (Å²) in [5.41, 5.74) is 5.71. The van der Waals surface area contributed by atoms with Gasteiger partial charge in [0.15, 0.2) is 0 Å². The lowest BCUT2D eigenvalue weighted by atomic mass is 9.97. The number of ether oxygens (including phenoxy) is 1. The molecule has 0 radical (unpaired) electrons.